The summed E-state index contributed by atoms with van der Waals surface area (Å²) in [5, 5.41) is 2.71. The van der Waals surface area contributed by atoms with Crippen LogP contribution in [0.2, 0.25) is 0 Å². The van der Waals surface area contributed by atoms with Gasteiger partial charge in [-0.05, 0) is 34.8 Å². The lowest BCUT2D eigenvalue weighted by Gasteiger charge is -2.16. The standard InChI is InChI=1S/C11H12BrF3N2O/c12-7-4-9(11(13,14)15)10(16-5-7)17-6-8-2-1-3-18-8/h4-5,8H,1-3,6H2,(H,16,17). The van der Waals surface area contributed by atoms with Crippen LogP contribution in [0.1, 0.15) is 18.4 Å². The lowest BCUT2D eigenvalue weighted by Crippen LogP contribution is -2.21. The number of nitrogens with one attached hydrogen (secondary N) is 1. The Hall–Kier alpha value is -0.820. The number of nitrogens with zero attached hydrogens (tertiary/aromatic N) is 1. The van der Waals surface area contributed by atoms with Gasteiger partial charge in [0.15, 0.2) is 0 Å². The van der Waals surface area contributed by atoms with E-state index < -0.39 is 11.7 Å². The molecule has 0 aromatic carbocycles. The van der Waals surface area contributed by atoms with Crippen molar-refractivity contribution in [3.05, 3.63) is 22.3 Å². The first kappa shape index (κ1) is 13.6. The average Bonchev–Trinajstić information content (AvgIpc) is 2.79. The number of alkyl halides is 3. The quantitative estimate of drug-likeness (QED) is 0.924. The maximum atomic E-state index is 12.8. The topological polar surface area (TPSA) is 34.2 Å². The number of pyridine rings is 1. The molecule has 1 fully saturated rings. The minimum Gasteiger partial charge on any atom is -0.376 e. The van der Waals surface area contributed by atoms with Crippen molar-refractivity contribution in [3.63, 3.8) is 0 Å². The van der Waals surface area contributed by atoms with Gasteiger partial charge < -0.3 is 10.1 Å². The van der Waals surface area contributed by atoms with E-state index in [2.05, 4.69) is 26.2 Å². The van der Waals surface area contributed by atoms with E-state index in [-0.39, 0.29) is 11.9 Å². The SMILES string of the molecule is FC(F)(F)c1cc(Br)cnc1NCC1CCCO1. The van der Waals surface area contributed by atoms with Gasteiger partial charge in [0.25, 0.3) is 0 Å². The molecule has 0 amide bonds. The van der Waals surface area contributed by atoms with Gasteiger partial charge in [-0.25, -0.2) is 4.98 Å². The van der Waals surface area contributed by atoms with E-state index in [1.807, 2.05) is 0 Å². The van der Waals surface area contributed by atoms with Crippen LogP contribution in [-0.2, 0) is 10.9 Å². The summed E-state index contributed by atoms with van der Waals surface area (Å²) in [5.74, 6) is -0.152. The highest BCUT2D eigenvalue weighted by Gasteiger charge is 2.34. The fourth-order valence-corrected chi connectivity index (χ4v) is 2.14. The molecule has 1 saturated heterocycles. The van der Waals surface area contributed by atoms with Gasteiger partial charge in [0.2, 0.25) is 0 Å². The van der Waals surface area contributed by atoms with Gasteiger partial charge in [-0.15, -0.1) is 0 Å². The van der Waals surface area contributed by atoms with Crippen molar-refractivity contribution in [2.24, 2.45) is 0 Å². The van der Waals surface area contributed by atoms with Gasteiger partial charge in [-0.2, -0.15) is 13.2 Å². The van der Waals surface area contributed by atoms with Crippen LogP contribution in [0.4, 0.5) is 19.0 Å². The van der Waals surface area contributed by atoms with Gasteiger partial charge in [0.1, 0.15) is 5.82 Å². The van der Waals surface area contributed by atoms with E-state index in [1.54, 1.807) is 0 Å². The predicted molar refractivity (Wildman–Crippen MR) is 64.4 cm³/mol. The average molecular weight is 325 g/mol. The van der Waals surface area contributed by atoms with Crippen LogP contribution in [-0.4, -0.2) is 24.2 Å². The van der Waals surface area contributed by atoms with Gasteiger partial charge in [0.05, 0.1) is 11.7 Å². The highest BCUT2D eigenvalue weighted by Crippen LogP contribution is 2.35. The molecular weight excluding hydrogens is 313 g/mol. The summed E-state index contributed by atoms with van der Waals surface area (Å²) in [6, 6.07) is 1.02. The minimum absolute atomic E-state index is 0.0310. The molecule has 0 saturated carbocycles. The third-order valence-corrected chi connectivity index (χ3v) is 3.11. The first-order valence-corrected chi connectivity index (χ1v) is 6.34. The smallest absolute Gasteiger partial charge is 0.376 e. The molecule has 0 bridgehead atoms. The second kappa shape index (κ2) is 5.44. The molecule has 1 aromatic heterocycles. The van der Waals surface area contributed by atoms with E-state index in [1.165, 1.54) is 6.20 Å². The minimum atomic E-state index is -4.42. The van der Waals surface area contributed by atoms with E-state index in [9.17, 15) is 13.2 Å². The number of hydrogen-bond donors (Lipinski definition) is 1. The number of rotatable bonds is 3. The summed E-state index contributed by atoms with van der Waals surface area (Å²) in [6.07, 6.45) is -1.30. The Morgan fingerprint density at radius 1 is 1.50 bits per heavy atom. The molecule has 1 aliphatic rings. The second-order valence-corrected chi connectivity index (χ2v) is 4.98. The van der Waals surface area contributed by atoms with Crippen LogP contribution in [0.5, 0.6) is 0 Å². The number of anilines is 1. The third-order valence-electron chi connectivity index (χ3n) is 2.68. The number of aromatic nitrogens is 1. The second-order valence-electron chi connectivity index (χ2n) is 4.06. The molecule has 0 radical (unpaired) electrons. The number of halogens is 4. The summed E-state index contributed by atoms with van der Waals surface area (Å²) in [4.78, 5) is 3.77. The largest absolute Gasteiger partial charge is 0.419 e. The maximum absolute atomic E-state index is 12.8. The first-order chi connectivity index (χ1) is 8.47. The number of hydrogen-bond acceptors (Lipinski definition) is 3. The predicted octanol–water partition coefficient (Wildman–Crippen LogP) is 3.45. The zero-order chi connectivity index (χ0) is 13.2. The molecule has 1 atom stereocenters. The van der Waals surface area contributed by atoms with Crippen LogP contribution in [0.15, 0.2) is 16.7 Å². The normalized spacial score (nSPS) is 20.1. The Labute approximate surface area is 111 Å². The third kappa shape index (κ3) is 3.35. The fraction of sp³-hybridized carbons (Fsp3) is 0.545. The van der Waals surface area contributed by atoms with E-state index in [0.29, 0.717) is 17.6 Å². The highest BCUT2D eigenvalue weighted by molar-refractivity contribution is 9.10. The highest BCUT2D eigenvalue weighted by atomic mass is 79.9. The van der Waals surface area contributed by atoms with Crippen LogP contribution in [0.25, 0.3) is 0 Å². The zero-order valence-electron chi connectivity index (χ0n) is 9.43. The van der Waals surface area contributed by atoms with Crippen molar-refractivity contribution in [1.29, 1.82) is 0 Å². The molecule has 1 N–H and O–H groups in total. The summed E-state index contributed by atoms with van der Waals surface area (Å²) in [6.45, 7) is 1.02. The molecule has 0 spiro atoms. The van der Waals surface area contributed by atoms with Crippen molar-refractivity contribution in [2.45, 2.75) is 25.1 Å². The van der Waals surface area contributed by atoms with E-state index in [0.717, 1.165) is 18.9 Å². The Kier molecular flexibility index (Phi) is 4.11. The van der Waals surface area contributed by atoms with Crippen LogP contribution >= 0.6 is 15.9 Å². The van der Waals surface area contributed by atoms with Crippen molar-refractivity contribution in [1.82, 2.24) is 4.98 Å². The van der Waals surface area contributed by atoms with Crippen molar-refractivity contribution < 1.29 is 17.9 Å². The van der Waals surface area contributed by atoms with Crippen molar-refractivity contribution in [3.8, 4) is 0 Å². The Morgan fingerprint density at radius 2 is 2.28 bits per heavy atom. The monoisotopic (exact) mass is 324 g/mol. The van der Waals surface area contributed by atoms with Gasteiger partial charge in [0, 0.05) is 23.8 Å². The lowest BCUT2D eigenvalue weighted by molar-refractivity contribution is -0.137. The van der Waals surface area contributed by atoms with Gasteiger partial charge >= 0.3 is 6.18 Å². The van der Waals surface area contributed by atoms with Crippen molar-refractivity contribution >= 4 is 21.7 Å². The molecule has 1 aromatic rings. The lowest BCUT2D eigenvalue weighted by atomic mass is 10.2. The molecule has 7 heteroatoms. The van der Waals surface area contributed by atoms with E-state index in [4.69, 9.17) is 4.74 Å². The molecule has 1 aliphatic heterocycles. The molecule has 0 aliphatic carbocycles. The zero-order valence-corrected chi connectivity index (χ0v) is 11.0. The Morgan fingerprint density at radius 3 is 2.89 bits per heavy atom. The first-order valence-electron chi connectivity index (χ1n) is 5.55. The Balaban J connectivity index is 2.11. The molecular formula is C11H12BrF3N2O. The van der Waals surface area contributed by atoms with Gasteiger partial charge in [-0.1, -0.05) is 0 Å². The maximum Gasteiger partial charge on any atom is 0.419 e. The van der Waals surface area contributed by atoms with Gasteiger partial charge in [-0.3, -0.25) is 0 Å². The summed E-state index contributed by atoms with van der Waals surface area (Å²) in [7, 11) is 0. The molecule has 1 unspecified atom stereocenters. The number of ether oxygens (including phenoxy) is 1. The molecule has 18 heavy (non-hydrogen) atoms. The summed E-state index contributed by atoms with van der Waals surface area (Å²) in [5.41, 5.74) is -0.769. The summed E-state index contributed by atoms with van der Waals surface area (Å²) >= 11 is 2.99. The van der Waals surface area contributed by atoms with Crippen LogP contribution in [0.3, 0.4) is 0 Å². The van der Waals surface area contributed by atoms with E-state index >= 15 is 0 Å². The molecule has 3 nitrogen and oxygen atoms in total. The molecule has 100 valence electrons. The molecule has 2 heterocycles. The van der Waals surface area contributed by atoms with Crippen LogP contribution < -0.4 is 5.32 Å². The molecule has 2 rings (SSSR count). The van der Waals surface area contributed by atoms with Crippen LogP contribution in [0, 0.1) is 0 Å². The van der Waals surface area contributed by atoms with Crippen molar-refractivity contribution in [2.75, 3.05) is 18.5 Å². The fourth-order valence-electron chi connectivity index (χ4n) is 1.81. The Bertz CT molecular complexity index is 419. The summed E-state index contributed by atoms with van der Waals surface area (Å²) < 4.78 is 44.0.